The van der Waals surface area contributed by atoms with E-state index in [-0.39, 0.29) is 23.3 Å². The normalized spacial score (nSPS) is 12.7. The van der Waals surface area contributed by atoms with E-state index in [2.05, 4.69) is 20.5 Å². The molecule has 25 heavy (non-hydrogen) atoms. The highest BCUT2D eigenvalue weighted by atomic mass is 35.5. The summed E-state index contributed by atoms with van der Waals surface area (Å²) < 4.78 is 5.68. The number of amides is 1. The number of aromatic nitrogens is 3. The number of halogens is 1. The van der Waals surface area contributed by atoms with Crippen LogP contribution in [0.4, 0.5) is 0 Å². The molecule has 0 unspecified atom stereocenters. The van der Waals surface area contributed by atoms with Crippen molar-refractivity contribution in [1.82, 2.24) is 20.5 Å². The molecule has 0 aliphatic heterocycles. The van der Waals surface area contributed by atoms with Gasteiger partial charge in [-0.3, -0.25) is 9.89 Å². The van der Waals surface area contributed by atoms with Gasteiger partial charge in [-0.05, 0) is 58.4 Å². The highest BCUT2D eigenvalue weighted by Crippen LogP contribution is 2.23. The highest BCUT2D eigenvalue weighted by Gasteiger charge is 2.21. The summed E-state index contributed by atoms with van der Waals surface area (Å²) in [5, 5.41) is 10.8. The number of carbonyl (C=O) groups excluding carboxylic acids is 1. The highest BCUT2D eigenvalue weighted by molar-refractivity contribution is 8.00. The van der Waals surface area contributed by atoms with Crippen molar-refractivity contribution < 1.29 is 9.53 Å². The first-order valence-electron chi connectivity index (χ1n) is 7.93. The lowest BCUT2D eigenvalue weighted by Crippen LogP contribution is -2.44. The number of carbonyl (C=O) groups is 1. The lowest BCUT2D eigenvalue weighted by Gasteiger charge is -2.22. The molecule has 2 N–H and O–H groups in total. The lowest BCUT2D eigenvalue weighted by molar-refractivity contribution is -0.121. The molecule has 1 atom stereocenters. The number of thioether (sulfide) groups is 1. The number of nitrogens with one attached hydrogen (secondary N) is 2. The minimum absolute atomic E-state index is 0.0447. The molecule has 0 radical (unpaired) electrons. The van der Waals surface area contributed by atoms with Crippen molar-refractivity contribution in [3.8, 4) is 5.75 Å². The third kappa shape index (κ3) is 6.25. The molecule has 1 aromatic heterocycles. The zero-order valence-corrected chi connectivity index (χ0v) is 16.6. The minimum atomic E-state index is -0.289. The number of aryl methyl sites for hydroxylation is 1. The van der Waals surface area contributed by atoms with Gasteiger partial charge in [0.25, 0.3) is 0 Å². The fourth-order valence-electron chi connectivity index (χ4n) is 1.94. The number of hydrogen-bond acceptors (Lipinski definition) is 5. The number of aromatic amines is 1. The van der Waals surface area contributed by atoms with Gasteiger partial charge in [0.05, 0.1) is 5.25 Å². The molecule has 0 saturated carbocycles. The van der Waals surface area contributed by atoms with Crippen LogP contribution in [-0.2, 0) is 11.4 Å². The molecular weight excluding hydrogens is 360 g/mol. The van der Waals surface area contributed by atoms with E-state index in [1.165, 1.54) is 11.8 Å². The fraction of sp³-hybridized carbons (Fsp3) is 0.471. The Morgan fingerprint density at radius 1 is 1.44 bits per heavy atom. The Bertz CT molecular complexity index is 742. The summed E-state index contributed by atoms with van der Waals surface area (Å²) in [5.41, 5.74) is 0.687. The van der Waals surface area contributed by atoms with Crippen molar-refractivity contribution in [2.45, 2.75) is 57.2 Å². The van der Waals surface area contributed by atoms with E-state index < -0.39 is 0 Å². The Balaban J connectivity index is 1.89. The van der Waals surface area contributed by atoms with E-state index >= 15 is 0 Å². The van der Waals surface area contributed by atoms with Gasteiger partial charge in [0, 0.05) is 10.6 Å². The van der Waals surface area contributed by atoms with E-state index in [9.17, 15) is 4.79 Å². The van der Waals surface area contributed by atoms with Crippen LogP contribution in [0.3, 0.4) is 0 Å². The molecular formula is C17H23ClN4O2S. The van der Waals surface area contributed by atoms with Gasteiger partial charge in [0.1, 0.15) is 12.4 Å². The largest absolute Gasteiger partial charge is 0.486 e. The zero-order chi connectivity index (χ0) is 18.6. The van der Waals surface area contributed by atoms with Crippen molar-refractivity contribution in [2.75, 3.05) is 0 Å². The third-order valence-corrected chi connectivity index (χ3v) is 4.55. The summed E-state index contributed by atoms with van der Waals surface area (Å²) in [4.78, 5) is 16.5. The maximum absolute atomic E-state index is 12.1. The molecule has 136 valence electrons. The van der Waals surface area contributed by atoms with E-state index in [0.717, 1.165) is 5.56 Å². The first-order chi connectivity index (χ1) is 11.6. The van der Waals surface area contributed by atoms with Crippen LogP contribution in [0.1, 0.15) is 39.1 Å². The number of H-pyrrole nitrogens is 1. The quantitative estimate of drug-likeness (QED) is 0.744. The fourth-order valence-corrected chi connectivity index (χ4v) is 2.80. The van der Waals surface area contributed by atoms with E-state index in [0.29, 0.717) is 21.8 Å². The molecule has 1 amide bonds. The summed E-state index contributed by atoms with van der Waals surface area (Å²) in [6.45, 7) is 9.85. The van der Waals surface area contributed by atoms with Gasteiger partial charge < -0.3 is 10.1 Å². The first kappa shape index (κ1) is 19.6. The monoisotopic (exact) mass is 382 g/mol. The molecule has 2 aromatic rings. The SMILES string of the molecule is Cc1cc(OCc2nc(S[C@H](C)C(=O)NC(C)(C)C)n[nH]2)ccc1Cl. The summed E-state index contributed by atoms with van der Waals surface area (Å²) in [5.74, 6) is 1.26. The van der Waals surface area contributed by atoms with Crippen LogP contribution in [-0.4, -0.2) is 31.9 Å². The maximum atomic E-state index is 12.1. The predicted octanol–water partition coefficient (Wildman–Crippen LogP) is 3.74. The Kier molecular flexibility index (Phi) is 6.35. The van der Waals surface area contributed by atoms with Crippen LogP contribution < -0.4 is 10.1 Å². The van der Waals surface area contributed by atoms with Crippen LogP contribution in [0.25, 0.3) is 0 Å². The van der Waals surface area contributed by atoms with Gasteiger partial charge in [0.15, 0.2) is 5.82 Å². The van der Waals surface area contributed by atoms with Crippen molar-refractivity contribution in [2.24, 2.45) is 0 Å². The van der Waals surface area contributed by atoms with Gasteiger partial charge in [-0.2, -0.15) is 0 Å². The number of hydrogen-bond donors (Lipinski definition) is 2. The molecule has 6 nitrogen and oxygen atoms in total. The van der Waals surface area contributed by atoms with Crippen LogP contribution in [0.2, 0.25) is 5.02 Å². The average Bonchev–Trinajstić information content (AvgIpc) is 2.94. The number of rotatable bonds is 6. The Morgan fingerprint density at radius 2 is 2.16 bits per heavy atom. The second-order valence-electron chi connectivity index (χ2n) is 6.76. The van der Waals surface area contributed by atoms with E-state index in [1.807, 2.05) is 40.7 Å². The van der Waals surface area contributed by atoms with Crippen molar-refractivity contribution in [3.63, 3.8) is 0 Å². The van der Waals surface area contributed by atoms with Crippen LogP contribution >= 0.6 is 23.4 Å². The minimum Gasteiger partial charge on any atom is -0.486 e. The van der Waals surface area contributed by atoms with Crippen LogP contribution in [0, 0.1) is 6.92 Å². The molecule has 0 fully saturated rings. The van der Waals surface area contributed by atoms with Crippen molar-refractivity contribution in [1.29, 1.82) is 0 Å². The second-order valence-corrected chi connectivity index (χ2v) is 8.48. The van der Waals surface area contributed by atoms with Crippen molar-refractivity contribution >= 4 is 29.3 Å². The van der Waals surface area contributed by atoms with Crippen molar-refractivity contribution in [3.05, 3.63) is 34.6 Å². The summed E-state index contributed by atoms with van der Waals surface area (Å²) in [6, 6.07) is 5.47. The van der Waals surface area contributed by atoms with E-state index in [4.69, 9.17) is 16.3 Å². The molecule has 1 heterocycles. The third-order valence-electron chi connectivity index (χ3n) is 3.17. The maximum Gasteiger partial charge on any atom is 0.233 e. The standard InChI is InChI=1S/C17H23ClN4O2S/c1-10-8-12(6-7-13(10)18)24-9-14-19-16(22-21-14)25-11(2)15(23)20-17(3,4)5/h6-8,11H,9H2,1-5H3,(H,20,23)(H,19,21,22)/t11-/m1/s1. The molecule has 1 aromatic carbocycles. The van der Waals surface area contributed by atoms with Crippen LogP contribution in [0.15, 0.2) is 23.4 Å². The van der Waals surface area contributed by atoms with Gasteiger partial charge in [-0.1, -0.05) is 23.4 Å². The predicted molar refractivity (Wildman–Crippen MR) is 100 cm³/mol. The van der Waals surface area contributed by atoms with Gasteiger partial charge >= 0.3 is 0 Å². The molecule has 0 bridgehead atoms. The molecule has 0 saturated heterocycles. The second kappa shape index (κ2) is 8.10. The van der Waals surface area contributed by atoms with Gasteiger partial charge in [-0.15, -0.1) is 5.10 Å². The van der Waals surface area contributed by atoms with Gasteiger partial charge in [-0.25, -0.2) is 4.98 Å². The lowest BCUT2D eigenvalue weighted by atomic mass is 10.1. The number of benzene rings is 1. The Morgan fingerprint density at radius 3 is 2.80 bits per heavy atom. The van der Waals surface area contributed by atoms with E-state index in [1.54, 1.807) is 12.1 Å². The first-order valence-corrected chi connectivity index (χ1v) is 9.19. The Labute approximate surface area is 157 Å². The number of nitrogens with zero attached hydrogens (tertiary/aromatic N) is 2. The molecule has 0 aliphatic carbocycles. The molecule has 0 aliphatic rings. The summed E-state index contributed by atoms with van der Waals surface area (Å²) in [6.07, 6.45) is 0. The summed E-state index contributed by atoms with van der Waals surface area (Å²) >= 11 is 7.30. The van der Waals surface area contributed by atoms with Crippen LogP contribution in [0.5, 0.6) is 5.75 Å². The molecule has 0 spiro atoms. The smallest absolute Gasteiger partial charge is 0.233 e. The number of ether oxygens (including phenoxy) is 1. The summed E-state index contributed by atoms with van der Waals surface area (Å²) in [7, 11) is 0. The molecule has 2 rings (SSSR count). The molecule has 8 heteroatoms. The topological polar surface area (TPSA) is 79.9 Å². The Hall–Kier alpha value is -1.73. The van der Waals surface area contributed by atoms with Gasteiger partial charge in [0.2, 0.25) is 11.1 Å². The average molecular weight is 383 g/mol. The zero-order valence-electron chi connectivity index (χ0n) is 15.0.